The summed E-state index contributed by atoms with van der Waals surface area (Å²) in [5.74, 6) is 1.19. The van der Waals surface area contributed by atoms with Crippen LogP contribution in [0.5, 0.6) is 5.75 Å². The number of nitrogens with one attached hydrogen (secondary N) is 2. The number of amides is 1. The van der Waals surface area contributed by atoms with E-state index < -0.39 is 0 Å². The second-order valence-corrected chi connectivity index (χ2v) is 7.08. The highest BCUT2D eigenvalue weighted by Crippen LogP contribution is 2.14. The van der Waals surface area contributed by atoms with E-state index in [2.05, 4.69) is 36.0 Å². The monoisotopic (exact) mass is 424 g/mol. The average molecular weight is 424 g/mol. The zero-order chi connectivity index (χ0) is 21.6. The normalized spacial score (nSPS) is 16.1. The number of nitrogens with zero attached hydrogens (tertiary/aromatic N) is 6. The predicted octanol–water partition coefficient (Wildman–Crippen LogP) is 0.366. The van der Waals surface area contributed by atoms with Crippen LogP contribution in [0.4, 0.5) is 0 Å². The smallest absolute Gasteiger partial charge is 0.270 e. The number of morpholine rings is 1. The summed E-state index contributed by atoms with van der Waals surface area (Å²) in [7, 11) is 1.60. The summed E-state index contributed by atoms with van der Waals surface area (Å²) in [5.41, 5.74) is 1.59. The van der Waals surface area contributed by atoms with Crippen molar-refractivity contribution in [2.45, 2.75) is 26.1 Å². The van der Waals surface area contributed by atoms with E-state index in [9.17, 15) is 4.79 Å². The maximum atomic E-state index is 12.7. The Morgan fingerprint density at radius 3 is 3.06 bits per heavy atom. The highest BCUT2D eigenvalue weighted by atomic mass is 16.5. The Kier molecular flexibility index (Phi) is 6.43. The highest BCUT2D eigenvalue weighted by molar-refractivity contribution is 5.93. The number of rotatable bonds is 7. The first-order valence-electron chi connectivity index (χ1n) is 9.98. The lowest BCUT2D eigenvalue weighted by Gasteiger charge is -2.22. The summed E-state index contributed by atoms with van der Waals surface area (Å²) in [4.78, 5) is 22.7. The Hall–Kier alpha value is -3.44. The zero-order valence-electron chi connectivity index (χ0n) is 17.4. The second-order valence-electron chi connectivity index (χ2n) is 7.08. The number of carbonyl (C=O) groups excluding carboxylic acids is 1. The van der Waals surface area contributed by atoms with Crippen molar-refractivity contribution in [3.05, 3.63) is 47.4 Å². The van der Waals surface area contributed by atoms with E-state index in [4.69, 9.17) is 9.47 Å². The standard InChI is InChI=1S/C20H24N8O3/c1-13-23-17(19-25-27-28(26-19)12-16-11-21-6-7-31-16)9-18(24-13)20(29)22-10-14-4-3-5-15(8-14)30-2/h3-5,8-9,16,21H,6-7,10-12H2,1-2H3,(H,22,29)/t16-/m0/s1. The van der Waals surface area contributed by atoms with Gasteiger partial charge in [-0.1, -0.05) is 12.1 Å². The minimum absolute atomic E-state index is 0.0131. The number of hydrogen-bond acceptors (Lipinski definition) is 9. The molecular formula is C20H24N8O3. The van der Waals surface area contributed by atoms with Crippen LogP contribution in [0, 0.1) is 6.92 Å². The number of carbonyl (C=O) groups is 1. The third-order valence-corrected chi connectivity index (χ3v) is 4.71. The van der Waals surface area contributed by atoms with Gasteiger partial charge in [-0.15, -0.1) is 10.2 Å². The molecule has 0 bridgehead atoms. The highest BCUT2D eigenvalue weighted by Gasteiger charge is 2.18. The molecule has 0 unspecified atom stereocenters. The summed E-state index contributed by atoms with van der Waals surface area (Å²) >= 11 is 0. The van der Waals surface area contributed by atoms with Gasteiger partial charge < -0.3 is 20.1 Å². The van der Waals surface area contributed by atoms with E-state index >= 15 is 0 Å². The molecule has 0 radical (unpaired) electrons. The Balaban J connectivity index is 1.44. The molecule has 3 aromatic rings. The van der Waals surface area contributed by atoms with E-state index in [1.54, 1.807) is 20.1 Å². The minimum Gasteiger partial charge on any atom is -0.497 e. The van der Waals surface area contributed by atoms with E-state index in [0.717, 1.165) is 24.4 Å². The predicted molar refractivity (Wildman–Crippen MR) is 110 cm³/mol. The number of methoxy groups -OCH3 is 1. The maximum absolute atomic E-state index is 12.7. The Morgan fingerprint density at radius 1 is 1.35 bits per heavy atom. The molecule has 0 saturated carbocycles. The fraction of sp³-hybridized carbons (Fsp3) is 0.400. The van der Waals surface area contributed by atoms with Gasteiger partial charge in [0.05, 0.1) is 26.4 Å². The molecule has 1 aliphatic heterocycles. The molecule has 3 heterocycles. The SMILES string of the molecule is COc1cccc(CNC(=O)c2cc(-c3nnn(C[C@@H]4CNCCO4)n3)nc(C)n2)c1. The van der Waals surface area contributed by atoms with E-state index in [-0.39, 0.29) is 17.7 Å². The van der Waals surface area contributed by atoms with Gasteiger partial charge in [0, 0.05) is 19.6 Å². The van der Waals surface area contributed by atoms with Crippen molar-refractivity contribution in [2.24, 2.45) is 0 Å². The number of tetrazole rings is 1. The van der Waals surface area contributed by atoms with Crippen molar-refractivity contribution in [1.82, 2.24) is 40.8 Å². The van der Waals surface area contributed by atoms with Crippen LogP contribution in [0.2, 0.25) is 0 Å². The molecule has 1 aliphatic rings. The quantitative estimate of drug-likeness (QED) is 0.552. The van der Waals surface area contributed by atoms with Crippen molar-refractivity contribution in [2.75, 3.05) is 26.8 Å². The minimum atomic E-state index is -0.316. The van der Waals surface area contributed by atoms with Crippen LogP contribution in [0.15, 0.2) is 30.3 Å². The van der Waals surface area contributed by atoms with Gasteiger partial charge in [0.25, 0.3) is 5.91 Å². The van der Waals surface area contributed by atoms with Gasteiger partial charge >= 0.3 is 0 Å². The molecule has 11 nitrogen and oxygen atoms in total. The van der Waals surface area contributed by atoms with Crippen LogP contribution in [-0.4, -0.2) is 69.0 Å². The van der Waals surface area contributed by atoms with Crippen molar-refractivity contribution >= 4 is 5.91 Å². The maximum Gasteiger partial charge on any atom is 0.270 e. The second kappa shape index (κ2) is 9.58. The van der Waals surface area contributed by atoms with Crippen LogP contribution in [0.3, 0.4) is 0 Å². The van der Waals surface area contributed by atoms with Crippen LogP contribution < -0.4 is 15.4 Å². The molecular weight excluding hydrogens is 400 g/mol. The Bertz CT molecular complexity index is 1050. The van der Waals surface area contributed by atoms with Crippen molar-refractivity contribution in [1.29, 1.82) is 0 Å². The molecule has 2 aromatic heterocycles. The Labute approximate surface area is 179 Å². The molecule has 1 saturated heterocycles. The lowest BCUT2D eigenvalue weighted by atomic mass is 10.2. The van der Waals surface area contributed by atoms with Gasteiger partial charge in [-0.05, 0) is 35.9 Å². The molecule has 11 heteroatoms. The third kappa shape index (κ3) is 5.38. The number of aryl methyl sites for hydroxylation is 1. The Morgan fingerprint density at radius 2 is 2.26 bits per heavy atom. The van der Waals surface area contributed by atoms with Crippen LogP contribution in [0.1, 0.15) is 21.9 Å². The summed E-state index contributed by atoms with van der Waals surface area (Å²) in [6.07, 6.45) is -0.0131. The third-order valence-electron chi connectivity index (χ3n) is 4.71. The number of benzene rings is 1. The molecule has 1 atom stereocenters. The summed E-state index contributed by atoms with van der Waals surface area (Å²) in [6.45, 7) is 4.78. The summed E-state index contributed by atoms with van der Waals surface area (Å²) < 4.78 is 10.9. The summed E-state index contributed by atoms with van der Waals surface area (Å²) in [5, 5.41) is 18.7. The molecule has 0 spiro atoms. The molecule has 31 heavy (non-hydrogen) atoms. The molecule has 1 amide bonds. The van der Waals surface area contributed by atoms with Crippen LogP contribution in [0.25, 0.3) is 11.5 Å². The molecule has 162 valence electrons. The zero-order valence-corrected chi connectivity index (χ0v) is 17.4. The first-order valence-corrected chi connectivity index (χ1v) is 9.98. The summed E-state index contributed by atoms with van der Waals surface area (Å²) in [6, 6.07) is 9.06. The molecule has 0 aliphatic carbocycles. The van der Waals surface area contributed by atoms with Gasteiger partial charge in [0.1, 0.15) is 23.0 Å². The molecule has 4 rings (SSSR count). The van der Waals surface area contributed by atoms with Gasteiger partial charge in [-0.2, -0.15) is 4.80 Å². The first-order chi connectivity index (χ1) is 15.1. The van der Waals surface area contributed by atoms with E-state index in [1.807, 2.05) is 24.3 Å². The lowest BCUT2D eigenvalue weighted by Crippen LogP contribution is -2.41. The molecule has 1 aromatic carbocycles. The van der Waals surface area contributed by atoms with E-state index in [0.29, 0.717) is 37.0 Å². The van der Waals surface area contributed by atoms with Gasteiger partial charge in [0.15, 0.2) is 0 Å². The number of aromatic nitrogens is 6. The largest absolute Gasteiger partial charge is 0.497 e. The van der Waals surface area contributed by atoms with Gasteiger partial charge in [-0.3, -0.25) is 4.79 Å². The molecule has 2 N–H and O–H groups in total. The van der Waals surface area contributed by atoms with E-state index in [1.165, 1.54) is 4.80 Å². The fourth-order valence-electron chi connectivity index (χ4n) is 3.20. The average Bonchev–Trinajstić information content (AvgIpc) is 3.26. The fourth-order valence-corrected chi connectivity index (χ4v) is 3.20. The van der Waals surface area contributed by atoms with Gasteiger partial charge in [0.2, 0.25) is 5.82 Å². The van der Waals surface area contributed by atoms with Crippen LogP contribution in [-0.2, 0) is 17.8 Å². The lowest BCUT2D eigenvalue weighted by molar-refractivity contribution is 0.0133. The number of ether oxygens (including phenoxy) is 2. The number of hydrogen-bond donors (Lipinski definition) is 2. The van der Waals surface area contributed by atoms with Gasteiger partial charge in [-0.25, -0.2) is 9.97 Å². The van der Waals surface area contributed by atoms with Crippen molar-refractivity contribution < 1.29 is 14.3 Å². The topological polar surface area (TPSA) is 129 Å². The van der Waals surface area contributed by atoms with Crippen LogP contribution >= 0.6 is 0 Å². The van der Waals surface area contributed by atoms with Crippen molar-refractivity contribution in [3.63, 3.8) is 0 Å². The first kappa shape index (κ1) is 20.8. The van der Waals surface area contributed by atoms with Crippen molar-refractivity contribution in [3.8, 4) is 17.3 Å². The molecule has 1 fully saturated rings.